The van der Waals surface area contributed by atoms with Gasteiger partial charge in [0.1, 0.15) is 0 Å². The Bertz CT molecular complexity index is 467. The first-order valence-electron chi connectivity index (χ1n) is 6.42. The maximum absolute atomic E-state index is 11.2. The van der Waals surface area contributed by atoms with E-state index < -0.39 is 0 Å². The summed E-state index contributed by atoms with van der Waals surface area (Å²) in [4.78, 5) is 10.8. The van der Waals surface area contributed by atoms with E-state index in [0.717, 1.165) is 5.56 Å². The van der Waals surface area contributed by atoms with Gasteiger partial charge in [-0.1, -0.05) is 26.8 Å². The number of nitro groups is 1. The molecular formula is C15H23NO3. The molecule has 0 bridgehead atoms. The van der Waals surface area contributed by atoms with Crippen LogP contribution in [0.4, 0.5) is 5.69 Å². The van der Waals surface area contributed by atoms with Gasteiger partial charge in [-0.15, -0.1) is 0 Å². The van der Waals surface area contributed by atoms with E-state index in [1.165, 1.54) is 0 Å². The number of hydrogen-bond acceptors (Lipinski definition) is 3. The second kappa shape index (κ2) is 5.29. The molecular weight excluding hydrogens is 242 g/mol. The van der Waals surface area contributed by atoms with Crippen LogP contribution in [0.1, 0.15) is 52.7 Å². The molecule has 4 heteroatoms. The van der Waals surface area contributed by atoms with Crippen molar-refractivity contribution >= 4 is 5.69 Å². The van der Waals surface area contributed by atoms with Crippen molar-refractivity contribution in [3.05, 3.63) is 39.4 Å². The lowest BCUT2D eigenvalue weighted by molar-refractivity contribution is -0.386. The first-order chi connectivity index (χ1) is 8.50. The molecule has 0 N–H and O–H groups in total. The van der Waals surface area contributed by atoms with Crippen LogP contribution in [0.3, 0.4) is 0 Å². The van der Waals surface area contributed by atoms with Crippen molar-refractivity contribution in [2.24, 2.45) is 0 Å². The largest absolute Gasteiger partial charge is 0.371 e. The Morgan fingerprint density at radius 2 is 1.74 bits per heavy atom. The lowest BCUT2D eigenvalue weighted by atomic mass is 9.86. The minimum atomic E-state index is -0.337. The van der Waals surface area contributed by atoms with E-state index in [4.69, 9.17) is 4.74 Å². The maximum atomic E-state index is 11.2. The quantitative estimate of drug-likeness (QED) is 0.607. The second-order valence-corrected chi connectivity index (χ2v) is 6.75. The molecule has 0 heterocycles. The molecule has 0 fully saturated rings. The molecule has 0 aliphatic heterocycles. The van der Waals surface area contributed by atoms with Gasteiger partial charge in [-0.2, -0.15) is 0 Å². The van der Waals surface area contributed by atoms with E-state index in [1.807, 2.05) is 47.6 Å². The van der Waals surface area contributed by atoms with Gasteiger partial charge in [0, 0.05) is 6.07 Å². The topological polar surface area (TPSA) is 52.4 Å². The van der Waals surface area contributed by atoms with Gasteiger partial charge in [0.2, 0.25) is 0 Å². The van der Waals surface area contributed by atoms with E-state index in [9.17, 15) is 10.1 Å². The molecule has 0 spiro atoms. The molecule has 0 saturated carbocycles. The number of ether oxygens (including phenoxy) is 1. The SMILES string of the molecule is CC(C)(C)OCc1ccc(C(C)(C)C)cc1[N+](=O)[O-]. The molecule has 0 saturated heterocycles. The highest BCUT2D eigenvalue weighted by Crippen LogP contribution is 2.29. The monoisotopic (exact) mass is 265 g/mol. The van der Waals surface area contributed by atoms with Crippen LogP contribution in [0, 0.1) is 10.1 Å². The van der Waals surface area contributed by atoms with Crippen LogP contribution >= 0.6 is 0 Å². The van der Waals surface area contributed by atoms with Crippen LogP contribution in [-0.4, -0.2) is 10.5 Å². The molecule has 0 radical (unpaired) electrons. The second-order valence-electron chi connectivity index (χ2n) is 6.75. The molecule has 0 unspecified atom stereocenters. The summed E-state index contributed by atoms with van der Waals surface area (Å²) >= 11 is 0. The summed E-state index contributed by atoms with van der Waals surface area (Å²) in [5, 5.41) is 11.2. The average Bonchev–Trinajstić information content (AvgIpc) is 2.23. The van der Waals surface area contributed by atoms with Gasteiger partial charge < -0.3 is 4.74 Å². The third-order valence-electron chi connectivity index (χ3n) is 2.81. The Hall–Kier alpha value is -1.42. The molecule has 106 valence electrons. The standard InChI is InChI=1S/C15H23NO3/c1-14(2,3)12-8-7-11(10-19-15(4,5)6)13(9-12)16(17)18/h7-9H,10H2,1-6H3. The first-order valence-corrected chi connectivity index (χ1v) is 6.42. The van der Waals surface area contributed by atoms with Crippen LogP contribution in [-0.2, 0) is 16.8 Å². The minimum absolute atomic E-state index is 0.103. The molecule has 0 atom stereocenters. The van der Waals surface area contributed by atoms with Gasteiger partial charge in [0.15, 0.2) is 0 Å². The highest BCUT2D eigenvalue weighted by Gasteiger charge is 2.22. The van der Waals surface area contributed by atoms with Crippen LogP contribution in [0.25, 0.3) is 0 Å². The van der Waals surface area contributed by atoms with Crippen molar-refractivity contribution in [2.75, 3.05) is 0 Å². The predicted molar refractivity (Wildman–Crippen MR) is 76.3 cm³/mol. The molecule has 0 aliphatic rings. The summed E-state index contributed by atoms with van der Waals surface area (Å²) in [6, 6.07) is 5.39. The molecule has 4 nitrogen and oxygen atoms in total. The minimum Gasteiger partial charge on any atom is -0.371 e. The van der Waals surface area contributed by atoms with E-state index in [0.29, 0.717) is 5.56 Å². The predicted octanol–water partition coefficient (Wildman–Crippen LogP) is 4.21. The summed E-state index contributed by atoms with van der Waals surface area (Å²) in [5.74, 6) is 0. The zero-order valence-corrected chi connectivity index (χ0v) is 12.6. The molecule has 1 rings (SSSR count). The van der Waals surface area contributed by atoms with E-state index in [2.05, 4.69) is 0 Å². The fourth-order valence-corrected chi connectivity index (χ4v) is 1.62. The number of rotatable bonds is 3. The Kier molecular flexibility index (Phi) is 4.35. The Morgan fingerprint density at radius 3 is 2.16 bits per heavy atom. The van der Waals surface area contributed by atoms with Crippen molar-refractivity contribution in [2.45, 2.75) is 59.2 Å². The summed E-state index contributed by atoms with van der Waals surface area (Å²) in [6.07, 6.45) is 0. The van der Waals surface area contributed by atoms with Crippen molar-refractivity contribution < 1.29 is 9.66 Å². The summed E-state index contributed by atoms with van der Waals surface area (Å²) in [7, 11) is 0. The van der Waals surface area contributed by atoms with Crippen LogP contribution in [0.5, 0.6) is 0 Å². The molecule has 19 heavy (non-hydrogen) atoms. The summed E-state index contributed by atoms with van der Waals surface area (Å²) in [6.45, 7) is 12.2. The molecule has 1 aromatic carbocycles. The fraction of sp³-hybridized carbons (Fsp3) is 0.600. The van der Waals surface area contributed by atoms with Gasteiger partial charge in [-0.05, 0) is 37.8 Å². The van der Waals surface area contributed by atoms with Crippen molar-refractivity contribution in [3.8, 4) is 0 Å². The zero-order chi connectivity index (χ0) is 14.8. The zero-order valence-electron chi connectivity index (χ0n) is 12.6. The highest BCUT2D eigenvalue weighted by atomic mass is 16.6. The van der Waals surface area contributed by atoms with Crippen LogP contribution < -0.4 is 0 Å². The molecule has 1 aromatic rings. The van der Waals surface area contributed by atoms with Gasteiger partial charge in [0.25, 0.3) is 5.69 Å². The van der Waals surface area contributed by atoms with Crippen LogP contribution in [0.15, 0.2) is 18.2 Å². The van der Waals surface area contributed by atoms with Gasteiger partial charge >= 0.3 is 0 Å². The summed E-state index contributed by atoms with van der Waals surface area (Å²) < 4.78 is 5.63. The summed E-state index contributed by atoms with van der Waals surface area (Å²) in [5.41, 5.74) is 1.30. The molecule has 0 amide bonds. The Balaban J connectivity index is 3.09. The van der Waals surface area contributed by atoms with E-state index in [1.54, 1.807) is 12.1 Å². The number of nitrogens with zero attached hydrogens (tertiary/aromatic N) is 1. The molecule has 0 aromatic heterocycles. The third-order valence-corrected chi connectivity index (χ3v) is 2.81. The van der Waals surface area contributed by atoms with Crippen molar-refractivity contribution in [3.63, 3.8) is 0 Å². The lowest BCUT2D eigenvalue weighted by Crippen LogP contribution is -2.19. The van der Waals surface area contributed by atoms with Crippen molar-refractivity contribution in [1.82, 2.24) is 0 Å². The number of hydrogen-bond donors (Lipinski definition) is 0. The lowest BCUT2D eigenvalue weighted by Gasteiger charge is -2.21. The Morgan fingerprint density at radius 1 is 1.16 bits per heavy atom. The van der Waals surface area contributed by atoms with Gasteiger partial charge in [-0.3, -0.25) is 10.1 Å². The molecule has 0 aliphatic carbocycles. The van der Waals surface area contributed by atoms with Gasteiger partial charge in [-0.25, -0.2) is 0 Å². The fourth-order valence-electron chi connectivity index (χ4n) is 1.62. The normalized spacial score (nSPS) is 12.5. The first kappa shape index (κ1) is 15.6. The number of benzene rings is 1. The maximum Gasteiger partial charge on any atom is 0.275 e. The smallest absolute Gasteiger partial charge is 0.275 e. The van der Waals surface area contributed by atoms with Crippen LogP contribution in [0.2, 0.25) is 0 Å². The average molecular weight is 265 g/mol. The number of nitro benzene ring substituents is 1. The highest BCUT2D eigenvalue weighted by molar-refractivity contribution is 5.45. The third kappa shape index (κ3) is 4.63. The van der Waals surface area contributed by atoms with Gasteiger partial charge in [0.05, 0.1) is 22.7 Å². The van der Waals surface area contributed by atoms with E-state index in [-0.39, 0.29) is 28.2 Å². The Labute approximate surface area is 114 Å². The van der Waals surface area contributed by atoms with E-state index >= 15 is 0 Å². The van der Waals surface area contributed by atoms with Crippen molar-refractivity contribution in [1.29, 1.82) is 0 Å².